The van der Waals surface area contributed by atoms with Crippen LogP contribution >= 0.6 is 0 Å². The minimum Gasteiger partial charge on any atom is -0.493 e. The molecule has 0 spiro atoms. The Morgan fingerprint density at radius 1 is 1.13 bits per heavy atom. The minimum absolute atomic E-state index is 0.0590. The van der Waals surface area contributed by atoms with E-state index in [4.69, 9.17) is 13.9 Å². The fraction of sp³-hybridized carbons (Fsp3) is 0.640. The van der Waals surface area contributed by atoms with Gasteiger partial charge in [0.25, 0.3) is 0 Å². The van der Waals surface area contributed by atoms with E-state index in [0.29, 0.717) is 24.0 Å². The van der Waals surface area contributed by atoms with Crippen molar-refractivity contribution >= 4 is 20.3 Å². The van der Waals surface area contributed by atoms with E-state index in [1.807, 2.05) is 12.1 Å². The molecule has 6 heteroatoms. The topological polar surface area (TPSA) is 56.8 Å². The van der Waals surface area contributed by atoms with Crippen LogP contribution in [0.3, 0.4) is 0 Å². The first kappa shape index (κ1) is 25.5. The zero-order chi connectivity index (χ0) is 23.4. The molecule has 2 rings (SSSR count). The number of hydrogen-bond donors (Lipinski definition) is 1. The molecule has 0 bridgehead atoms. The Labute approximate surface area is 189 Å². The van der Waals surface area contributed by atoms with Crippen LogP contribution in [0.1, 0.15) is 52.2 Å². The van der Waals surface area contributed by atoms with Crippen molar-refractivity contribution in [1.29, 1.82) is 0 Å². The molecule has 1 heterocycles. The molecule has 1 amide bonds. The fourth-order valence-corrected chi connectivity index (χ4v) is 4.91. The van der Waals surface area contributed by atoms with Crippen molar-refractivity contribution in [2.75, 3.05) is 20.8 Å². The molecule has 0 unspecified atom stereocenters. The highest BCUT2D eigenvalue weighted by atomic mass is 28.4. The highest BCUT2D eigenvalue weighted by molar-refractivity contribution is 6.74. The van der Waals surface area contributed by atoms with Crippen molar-refractivity contribution in [3.63, 3.8) is 0 Å². The van der Waals surface area contributed by atoms with Gasteiger partial charge >= 0.3 is 0 Å². The summed E-state index contributed by atoms with van der Waals surface area (Å²) < 4.78 is 17.8. The number of amides is 1. The van der Waals surface area contributed by atoms with Gasteiger partial charge in [-0.1, -0.05) is 46.8 Å². The number of hydrogen-bond acceptors (Lipinski definition) is 4. The van der Waals surface area contributed by atoms with Gasteiger partial charge in [-0.25, -0.2) is 0 Å². The predicted molar refractivity (Wildman–Crippen MR) is 130 cm³/mol. The van der Waals surface area contributed by atoms with Crippen molar-refractivity contribution in [2.24, 2.45) is 11.8 Å². The molecule has 5 nitrogen and oxygen atoms in total. The van der Waals surface area contributed by atoms with Gasteiger partial charge in [-0.2, -0.15) is 0 Å². The van der Waals surface area contributed by atoms with Crippen LogP contribution in [0.4, 0.5) is 0 Å². The number of ether oxygens (including phenoxy) is 2. The van der Waals surface area contributed by atoms with Crippen LogP contribution in [0.15, 0.2) is 18.2 Å². The van der Waals surface area contributed by atoms with Crippen molar-refractivity contribution < 1.29 is 18.7 Å². The Bertz CT molecular complexity index is 795. The number of benzene rings is 1. The summed E-state index contributed by atoms with van der Waals surface area (Å²) in [7, 11) is 1.21. The van der Waals surface area contributed by atoms with E-state index in [2.05, 4.69) is 65.2 Å². The first-order valence-corrected chi connectivity index (χ1v) is 14.2. The molecule has 1 aliphatic rings. The maximum absolute atomic E-state index is 13.2. The zero-order valence-electron chi connectivity index (χ0n) is 20.8. The van der Waals surface area contributed by atoms with Crippen LogP contribution in [-0.2, 0) is 15.6 Å². The van der Waals surface area contributed by atoms with Gasteiger partial charge in [-0.15, -0.1) is 0 Å². The first-order valence-electron chi connectivity index (χ1n) is 11.3. The quantitative estimate of drug-likeness (QED) is 0.590. The van der Waals surface area contributed by atoms with Crippen molar-refractivity contribution in [2.45, 2.75) is 71.7 Å². The summed E-state index contributed by atoms with van der Waals surface area (Å²) in [5, 5.41) is 3.22. The standard InChI is InChI=1S/C25H41NO4Si/c1-17(2)14-20-21(30-31(8,9)25(3,4)5)11-10-18-15-22(28-6)23(29-7)16-19(18)12-13-26-24(20)27/h10-11,15-17,20-21H,12-14H2,1-9H3,(H,26,27)/b11-10+/t20-,21+/m0/s1. The molecule has 0 saturated heterocycles. The third-order valence-corrected chi connectivity index (χ3v) is 11.0. The smallest absolute Gasteiger partial charge is 0.226 e. The molecule has 0 radical (unpaired) electrons. The Morgan fingerprint density at radius 2 is 1.74 bits per heavy atom. The van der Waals surface area contributed by atoms with Crippen LogP contribution in [0, 0.1) is 11.8 Å². The number of carbonyl (C=O) groups excluding carboxylic acids is 1. The van der Waals surface area contributed by atoms with Crippen molar-refractivity contribution in [3.8, 4) is 11.5 Å². The highest BCUT2D eigenvalue weighted by Crippen LogP contribution is 2.39. The molecule has 1 aromatic rings. The van der Waals surface area contributed by atoms with Crippen LogP contribution in [0.2, 0.25) is 18.1 Å². The second-order valence-corrected chi connectivity index (χ2v) is 15.1. The number of fused-ring (bicyclic) bond motifs is 1. The largest absolute Gasteiger partial charge is 0.493 e. The second-order valence-electron chi connectivity index (χ2n) is 10.4. The summed E-state index contributed by atoms with van der Waals surface area (Å²) in [6, 6.07) is 4.01. The molecule has 1 aliphatic heterocycles. The number of carbonyl (C=O) groups is 1. The van der Waals surface area contributed by atoms with Crippen molar-refractivity contribution in [3.05, 3.63) is 29.3 Å². The van der Waals surface area contributed by atoms with E-state index in [-0.39, 0.29) is 23.0 Å². The molecule has 1 N–H and O–H groups in total. The molecule has 0 aromatic heterocycles. The van der Waals surface area contributed by atoms with Gasteiger partial charge in [0.05, 0.1) is 26.2 Å². The van der Waals surface area contributed by atoms with E-state index in [9.17, 15) is 4.79 Å². The number of methoxy groups -OCH3 is 2. The van der Waals surface area contributed by atoms with Gasteiger partial charge in [-0.3, -0.25) is 4.79 Å². The zero-order valence-corrected chi connectivity index (χ0v) is 21.8. The molecular weight excluding hydrogens is 406 g/mol. The van der Waals surface area contributed by atoms with Gasteiger partial charge in [0, 0.05) is 6.54 Å². The summed E-state index contributed by atoms with van der Waals surface area (Å²) in [4.78, 5) is 13.2. The van der Waals surface area contributed by atoms with E-state index >= 15 is 0 Å². The third kappa shape index (κ3) is 6.36. The summed E-state index contributed by atoms with van der Waals surface area (Å²) in [6.07, 6.45) is 5.43. The molecule has 0 fully saturated rings. The lowest BCUT2D eigenvalue weighted by atomic mass is 9.89. The molecule has 0 aliphatic carbocycles. The molecule has 174 valence electrons. The molecule has 1 aromatic carbocycles. The lowest BCUT2D eigenvalue weighted by Gasteiger charge is -2.40. The van der Waals surface area contributed by atoms with E-state index in [0.717, 1.165) is 24.0 Å². The first-order chi connectivity index (χ1) is 14.4. The lowest BCUT2D eigenvalue weighted by molar-refractivity contribution is -0.127. The van der Waals surface area contributed by atoms with Gasteiger partial charge in [0.15, 0.2) is 19.8 Å². The summed E-state index contributed by atoms with van der Waals surface area (Å²) in [5.41, 5.74) is 2.18. The summed E-state index contributed by atoms with van der Waals surface area (Å²) in [6.45, 7) is 16.1. The molecule has 31 heavy (non-hydrogen) atoms. The SMILES string of the molecule is COc1cc2c(cc1OC)CCNC(=O)[C@@H](CC(C)C)[C@H](O[Si](C)(C)C(C)(C)C)/C=C/2. The van der Waals surface area contributed by atoms with Crippen LogP contribution in [-0.4, -0.2) is 41.1 Å². The fourth-order valence-electron chi connectivity index (χ4n) is 3.63. The summed E-state index contributed by atoms with van der Waals surface area (Å²) in [5.74, 6) is 1.66. The Morgan fingerprint density at radius 3 is 2.29 bits per heavy atom. The van der Waals surface area contributed by atoms with Crippen LogP contribution in [0.25, 0.3) is 6.08 Å². The van der Waals surface area contributed by atoms with E-state index < -0.39 is 8.32 Å². The number of nitrogens with one attached hydrogen (secondary N) is 1. The highest BCUT2D eigenvalue weighted by Gasteiger charge is 2.41. The number of rotatable bonds is 6. The van der Waals surface area contributed by atoms with Gasteiger partial charge < -0.3 is 19.2 Å². The second kappa shape index (κ2) is 10.2. The monoisotopic (exact) mass is 447 g/mol. The average Bonchev–Trinajstić information content (AvgIpc) is 2.67. The lowest BCUT2D eigenvalue weighted by Crippen LogP contribution is -2.48. The van der Waals surface area contributed by atoms with Crippen LogP contribution < -0.4 is 14.8 Å². The van der Waals surface area contributed by atoms with Crippen LogP contribution in [0.5, 0.6) is 11.5 Å². The van der Waals surface area contributed by atoms with Crippen molar-refractivity contribution in [1.82, 2.24) is 5.32 Å². The van der Waals surface area contributed by atoms with E-state index in [1.165, 1.54) is 0 Å². The third-order valence-electron chi connectivity index (χ3n) is 6.50. The normalized spacial score (nSPS) is 21.3. The van der Waals surface area contributed by atoms with E-state index in [1.54, 1.807) is 14.2 Å². The Hall–Kier alpha value is -1.79. The predicted octanol–water partition coefficient (Wildman–Crippen LogP) is 5.44. The maximum atomic E-state index is 13.2. The maximum Gasteiger partial charge on any atom is 0.226 e. The molecule has 2 atom stereocenters. The Balaban J connectivity index is 2.55. The Kier molecular flexibility index (Phi) is 8.39. The van der Waals surface area contributed by atoms with Gasteiger partial charge in [0.2, 0.25) is 5.91 Å². The summed E-state index contributed by atoms with van der Waals surface area (Å²) >= 11 is 0. The average molecular weight is 448 g/mol. The molecule has 0 saturated carbocycles. The minimum atomic E-state index is -2.08. The van der Waals surface area contributed by atoms with Gasteiger partial charge in [-0.05, 0) is 60.2 Å². The molecular formula is C25H41NO4Si. The van der Waals surface area contributed by atoms with Gasteiger partial charge in [0.1, 0.15) is 0 Å².